The van der Waals surface area contributed by atoms with Gasteiger partial charge < -0.3 is 0 Å². The summed E-state index contributed by atoms with van der Waals surface area (Å²) in [7, 11) is -2.54. The standard InChI is InChI=1S/C24H16ClF2N5O2S/c1-32-23(14-6-8-28-9-7-14)18-10-15(2-4-20(18)30-32)16-11-21(24(25)29-13-16)31-35(33,34)22-5-3-17(26)12-19(22)27/h2-13,31H,1H3. The van der Waals surface area contributed by atoms with Crippen LogP contribution >= 0.6 is 11.6 Å². The topological polar surface area (TPSA) is 89.8 Å². The van der Waals surface area contributed by atoms with E-state index >= 15 is 0 Å². The van der Waals surface area contributed by atoms with E-state index in [1.165, 1.54) is 12.3 Å². The minimum atomic E-state index is -4.39. The number of aromatic nitrogens is 4. The van der Waals surface area contributed by atoms with E-state index in [0.717, 1.165) is 39.9 Å². The Morgan fingerprint density at radius 3 is 2.46 bits per heavy atom. The molecule has 0 saturated carbocycles. The van der Waals surface area contributed by atoms with Gasteiger partial charge in [-0.05, 0) is 48.0 Å². The fourth-order valence-electron chi connectivity index (χ4n) is 3.80. The van der Waals surface area contributed by atoms with Gasteiger partial charge in [-0.3, -0.25) is 14.4 Å². The summed E-state index contributed by atoms with van der Waals surface area (Å²) in [4.78, 5) is 7.44. The van der Waals surface area contributed by atoms with Crippen molar-refractivity contribution in [1.29, 1.82) is 0 Å². The number of halogens is 3. The molecule has 0 bridgehead atoms. The second-order valence-electron chi connectivity index (χ2n) is 7.68. The lowest BCUT2D eigenvalue weighted by Gasteiger charge is -2.12. The molecule has 0 aliphatic rings. The second-order valence-corrected chi connectivity index (χ2v) is 9.69. The van der Waals surface area contributed by atoms with Crippen LogP contribution in [0.15, 0.2) is 78.1 Å². The van der Waals surface area contributed by atoms with E-state index in [9.17, 15) is 17.2 Å². The molecule has 11 heteroatoms. The molecular weight excluding hydrogens is 496 g/mol. The predicted molar refractivity (Wildman–Crippen MR) is 129 cm³/mol. The molecule has 0 radical (unpaired) electrons. The van der Waals surface area contributed by atoms with E-state index < -0.39 is 26.6 Å². The Labute approximate surface area is 204 Å². The van der Waals surface area contributed by atoms with Crippen LogP contribution in [0.1, 0.15) is 0 Å². The summed E-state index contributed by atoms with van der Waals surface area (Å²) in [6, 6.07) is 13.1. The third-order valence-electron chi connectivity index (χ3n) is 5.39. The van der Waals surface area contributed by atoms with Crippen LogP contribution in [-0.2, 0) is 17.1 Å². The molecule has 1 N–H and O–H groups in total. The Morgan fingerprint density at radius 1 is 0.943 bits per heavy atom. The van der Waals surface area contributed by atoms with Gasteiger partial charge in [0.1, 0.15) is 16.5 Å². The van der Waals surface area contributed by atoms with Crippen molar-refractivity contribution < 1.29 is 17.2 Å². The molecule has 5 aromatic rings. The highest BCUT2D eigenvalue weighted by Crippen LogP contribution is 2.34. The quantitative estimate of drug-likeness (QED) is 0.318. The Morgan fingerprint density at radius 2 is 1.71 bits per heavy atom. The maximum absolute atomic E-state index is 14.1. The average molecular weight is 512 g/mol. The first-order valence-corrected chi connectivity index (χ1v) is 12.1. The van der Waals surface area contributed by atoms with Gasteiger partial charge in [0.25, 0.3) is 10.0 Å². The van der Waals surface area contributed by atoms with E-state index in [-0.39, 0.29) is 10.8 Å². The van der Waals surface area contributed by atoms with Crippen molar-refractivity contribution in [1.82, 2.24) is 19.7 Å². The van der Waals surface area contributed by atoms with Gasteiger partial charge in [-0.25, -0.2) is 22.2 Å². The molecular formula is C24H16ClF2N5O2S. The van der Waals surface area contributed by atoms with E-state index in [1.54, 1.807) is 17.1 Å². The lowest BCUT2D eigenvalue weighted by Crippen LogP contribution is -2.15. The van der Waals surface area contributed by atoms with Crippen LogP contribution in [0.5, 0.6) is 0 Å². The van der Waals surface area contributed by atoms with Crippen molar-refractivity contribution in [3.05, 3.63) is 90.0 Å². The Bertz CT molecular complexity index is 1690. The summed E-state index contributed by atoms with van der Waals surface area (Å²) < 4.78 is 56.8. The van der Waals surface area contributed by atoms with Crippen LogP contribution in [0.4, 0.5) is 14.5 Å². The first-order valence-electron chi connectivity index (χ1n) is 10.2. The highest BCUT2D eigenvalue weighted by atomic mass is 35.5. The minimum absolute atomic E-state index is 0.0477. The summed E-state index contributed by atoms with van der Waals surface area (Å²) in [6.07, 6.45) is 4.90. The molecule has 0 saturated heterocycles. The van der Waals surface area contributed by atoms with E-state index in [0.29, 0.717) is 11.6 Å². The Balaban J connectivity index is 1.56. The van der Waals surface area contributed by atoms with Gasteiger partial charge in [-0.1, -0.05) is 17.7 Å². The van der Waals surface area contributed by atoms with Crippen LogP contribution in [0, 0.1) is 11.6 Å². The van der Waals surface area contributed by atoms with Gasteiger partial charge in [-0.15, -0.1) is 0 Å². The fraction of sp³-hybridized carbons (Fsp3) is 0.0417. The third kappa shape index (κ3) is 4.33. The highest BCUT2D eigenvalue weighted by Gasteiger charge is 2.22. The van der Waals surface area contributed by atoms with Crippen LogP contribution < -0.4 is 4.72 Å². The summed E-state index contributed by atoms with van der Waals surface area (Å²) in [5, 5.41) is 5.31. The van der Waals surface area contributed by atoms with Gasteiger partial charge in [0.05, 0.1) is 16.9 Å². The molecule has 0 unspecified atom stereocenters. The molecule has 7 nitrogen and oxygen atoms in total. The highest BCUT2D eigenvalue weighted by molar-refractivity contribution is 7.92. The van der Waals surface area contributed by atoms with Gasteiger partial charge >= 0.3 is 0 Å². The molecule has 2 aromatic carbocycles. The van der Waals surface area contributed by atoms with E-state index in [1.807, 2.05) is 37.4 Å². The number of anilines is 1. The van der Waals surface area contributed by atoms with Crippen LogP contribution in [0.2, 0.25) is 5.15 Å². The minimum Gasteiger partial charge on any atom is -0.276 e. The molecule has 35 heavy (non-hydrogen) atoms. The van der Waals surface area contributed by atoms with Crippen molar-refractivity contribution in [3.63, 3.8) is 0 Å². The van der Waals surface area contributed by atoms with Crippen LogP contribution in [0.3, 0.4) is 0 Å². The molecule has 0 fully saturated rings. The third-order valence-corrected chi connectivity index (χ3v) is 7.09. The van der Waals surface area contributed by atoms with Crippen LogP contribution in [-0.4, -0.2) is 28.2 Å². The molecule has 3 aromatic heterocycles. The number of nitrogens with one attached hydrogen (secondary N) is 1. The molecule has 3 heterocycles. The van der Waals surface area contributed by atoms with Gasteiger partial charge in [0.15, 0.2) is 5.15 Å². The van der Waals surface area contributed by atoms with Crippen LogP contribution in [0.25, 0.3) is 33.3 Å². The zero-order valence-electron chi connectivity index (χ0n) is 18.1. The number of aryl methyl sites for hydroxylation is 1. The average Bonchev–Trinajstić information content (AvgIpc) is 3.15. The summed E-state index contributed by atoms with van der Waals surface area (Å²) >= 11 is 6.13. The van der Waals surface area contributed by atoms with Crippen molar-refractivity contribution in [2.24, 2.45) is 7.05 Å². The van der Waals surface area contributed by atoms with Gasteiger partial charge in [-0.2, -0.15) is 5.10 Å². The van der Waals surface area contributed by atoms with Crippen molar-refractivity contribution in [3.8, 4) is 22.4 Å². The zero-order chi connectivity index (χ0) is 24.7. The molecule has 176 valence electrons. The second kappa shape index (κ2) is 8.71. The Kier molecular flexibility index (Phi) is 5.70. The summed E-state index contributed by atoms with van der Waals surface area (Å²) in [5.74, 6) is -2.11. The number of fused-ring (bicyclic) bond motifs is 1. The fourth-order valence-corrected chi connectivity index (χ4v) is 5.13. The first-order chi connectivity index (χ1) is 16.7. The predicted octanol–water partition coefficient (Wildman–Crippen LogP) is 5.43. The number of pyridine rings is 2. The molecule has 0 aliphatic carbocycles. The first kappa shape index (κ1) is 22.9. The number of nitrogens with zero attached hydrogens (tertiary/aromatic N) is 4. The van der Waals surface area contributed by atoms with Gasteiger partial charge in [0.2, 0.25) is 0 Å². The Hall–Kier alpha value is -3.89. The number of sulfonamides is 1. The van der Waals surface area contributed by atoms with E-state index in [4.69, 9.17) is 11.6 Å². The maximum Gasteiger partial charge on any atom is 0.264 e. The normalized spacial score (nSPS) is 11.7. The SMILES string of the molecule is Cn1nc2ccc(-c3cnc(Cl)c(NS(=O)(=O)c4ccc(F)cc4F)c3)cc2c1-c1ccncc1. The molecule has 0 spiro atoms. The number of hydrogen-bond donors (Lipinski definition) is 1. The largest absolute Gasteiger partial charge is 0.276 e. The number of hydrogen-bond acceptors (Lipinski definition) is 5. The lowest BCUT2D eigenvalue weighted by molar-refractivity contribution is 0.551. The van der Waals surface area contributed by atoms with Crippen molar-refractivity contribution in [2.75, 3.05) is 4.72 Å². The number of rotatable bonds is 5. The molecule has 5 rings (SSSR count). The summed E-state index contributed by atoms with van der Waals surface area (Å²) in [5.41, 5.74) is 3.85. The van der Waals surface area contributed by atoms with Gasteiger partial charge in [0, 0.05) is 48.2 Å². The zero-order valence-corrected chi connectivity index (χ0v) is 19.6. The molecule has 0 amide bonds. The lowest BCUT2D eigenvalue weighted by atomic mass is 10.0. The smallest absolute Gasteiger partial charge is 0.264 e. The monoisotopic (exact) mass is 511 g/mol. The molecule has 0 atom stereocenters. The number of benzene rings is 2. The maximum atomic E-state index is 14.1. The van der Waals surface area contributed by atoms with Crippen molar-refractivity contribution >= 4 is 38.2 Å². The summed E-state index contributed by atoms with van der Waals surface area (Å²) in [6.45, 7) is 0. The molecule has 0 aliphatic heterocycles. The van der Waals surface area contributed by atoms with Crippen molar-refractivity contribution in [2.45, 2.75) is 4.90 Å². The van der Waals surface area contributed by atoms with E-state index in [2.05, 4.69) is 19.8 Å².